The molecule has 3 nitrogen and oxygen atoms in total. The van der Waals surface area contributed by atoms with Gasteiger partial charge in [-0.15, -0.1) is 0 Å². The molecular formula is C16H24FN3. The van der Waals surface area contributed by atoms with E-state index in [1.807, 2.05) is 12.1 Å². The van der Waals surface area contributed by atoms with E-state index < -0.39 is 0 Å². The van der Waals surface area contributed by atoms with Crippen molar-refractivity contribution >= 4 is 5.69 Å². The molecule has 1 aromatic carbocycles. The highest BCUT2D eigenvalue weighted by atomic mass is 19.1. The molecule has 2 saturated heterocycles. The summed E-state index contributed by atoms with van der Waals surface area (Å²) in [5.41, 5.74) is 0.753. The molecule has 2 fully saturated rings. The first-order valence-corrected chi connectivity index (χ1v) is 7.66. The van der Waals surface area contributed by atoms with Crippen LogP contribution in [0.15, 0.2) is 24.3 Å². The molecule has 0 bridgehead atoms. The van der Waals surface area contributed by atoms with E-state index in [1.165, 1.54) is 19.6 Å². The minimum Gasteiger partial charge on any atom is -0.367 e. The molecule has 2 aliphatic rings. The van der Waals surface area contributed by atoms with Crippen molar-refractivity contribution in [3.8, 4) is 0 Å². The molecule has 1 aromatic rings. The van der Waals surface area contributed by atoms with Crippen molar-refractivity contribution in [1.82, 2.24) is 10.2 Å². The number of halogens is 1. The van der Waals surface area contributed by atoms with E-state index in [1.54, 1.807) is 12.1 Å². The largest absolute Gasteiger partial charge is 0.367 e. The Morgan fingerprint density at radius 2 is 1.90 bits per heavy atom. The third-order valence-electron chi connectivity index (χ3n) is 4.73. The van der Waals surface area contributed by atoms with Gasteiger partial charge in [0, 0.05) is 32.7 Å². The number of anilines is 1. The number of hydrogen-bond acceptors (Lipinski definition) is 3. The summed E-state index contributed by atoms with van der Waals surface area (Å²) in [6.45, 7) is 9.82. The fraction of sp³-hybridized carbons (Fsp3) is 0.625. The molecule has 4 heteroatoms. The molecule has 20 heavy (non-hydrogen) atoms. The first kappa shape index (κ1) is 13.8. The smallest absolute Gasteiger partial charge is 0.146 e. The summed E-state index contributed by atoms with van der Waals surface area (Å²) in [5.74, 6) is 1.51. The quantitative estimate of drug-likeness (QED) is 0.905. The van der Waals surface area contributed by atoms with Gasteiger partial charge in [-0.2, -0.15) is 0 Å². The predicted molar refractivity (Wildman–Crippen MR) is 80.6 cm³/mol. The predicted octanol–water partition coefficient (Wildman–Crippen LogP) is 1.80. The Bertz CT molecular complexity index is 439. The van der Waals surface area contributed by atoms with Crippen LogP contribution in [0.2, 0.25) is 0 Å². The maximum Gasteiger partial charge on any atom is 0.146 e. The van der Waals surface area contributed by atoms with Crippen LogP contribution in [0, 0.1) is 17.7 Å². The Labute approximate surface area is 120 Å². The summed E-state index contributed by atoms with van der Waals surface area (Å²) in [7, 11) is 0. The average molecular weight is 277 g/mol. The molecule has 1 unspecified atom stereocenters. The van der Waals surface area contributed by atoms with Crippen molar-refractivity contribution < 1.29 is 4.39 Å². The summed E-state index contributed by atoms with van der Waals surface area (Å²) in [5, 5.41) is 3.35. The van der Waals surface area contributed by atoms with E-state index in [9.17, 15) is 4.39 Å². The maximum atomic E-state index is 13.8. The lowest BCUT2D eigenvalue weighted by molar-refractivity contribution is 0.160. The van der Waals surface area contributed by atoms with E-state index in [4.69, 9.17) is 0 Å². The normalized spacial score (nSPS) is 22.6. The fourth-order valence-electron chi connectivity index (χ4n) is 3.15. The van der Waals surface area contributed by atoms with Gasteiger partial charge in [0.25, 0.3) is 0 Å². The highest BCUT2D eigenvalue weighted by molar-refractivity contribution is 5.47. The van der Waals surface area contributed by atoms with Crippen LogP contribution in [0.4, 0.5) is 10.1 Å². The summed E-state index contributed by atoms with van der Waals surface area (Å²) in [6, 6.07) is 7.10. The van der Waals surface area contributed by atoms with Crippen LogP contribution in [0.1, 0.15) is 6.92 Å². The van der Waals surface area contributed by atoms with Crippen LogP contribution in [0.25, 0.3) is 0 Å². The molecule has 0 amide bonds. The lowest BCUT2D eigenvalue weighted by atomic mass is 9.88. The maximum absolute atomic E-state index is 13.8. The number of nitrogens with one attached hydrogen (secondary N) is 1. The zero-order valence-corrected chi connectivity index (χ0v) is 12.2. The van der Waals surface area contributed by atoms with E-state index in [2.05, 4.69) is 22.0 Å². The monoisotopic (exact) mass is 277 g/mol. The molecule has 0 aromatic heterocycles. The molecule has 110 valence electrons. The van der Waals surface area contributed by atoms with Crippen LogP contribution >= 0.6 is 0 Å². The van der Waals surface area contributed by atoms with Gasteiger partial charge in [-0.3, -0.25) is 4.90 Å². The molecule has 0 radical (unpaired) electrons. The van der Waals surface area contributed by atoms with Gasteiger partial charge in [0.05, 0.1) is 5.69 Å². The lowest BCUT2D eigenvalue weighted by Crippen LogP contribution is -2.52. The Morgan fingerprint density at radius 3 is 2.50 bits per heavy atom. The number of hydrogen-bond donors (Lipinski definition) is 1. The Hall–Kier alpha value is -1.13. The molecule has 2 aliphatic heterocycles. The Balaban J connectivity index is 1.50. The van der Waals surface area contributed by atoms with Crippen LogP contribution in [0.5, 0.6) is 0 Å². The van der Waals surface area contributed by atoms with Crippen LogP contribution < -0.4 is 10.2 Å². The highest BCUT2D eigenvalue weighted by Crippen LogP contribution is 2.22. The van der Waals surface area contributed by atoms with Crippen molar-refractivity contribution in [2.24, 2.45) is 11.8 Å². The fourth-order valence-corrected chi connectivity index (χ4v) is 3.15. The Morgan fingerprint density at radius 1 is 1.20 bits per heavy atom. The third kappa shape index (κ3) is 2.96. The van der Waals surface area contributed by atoms with E-state index in [-0.39, 0.29) is 5.82 Å². The number of para-hydroxylation sites is 1. The van der Waals surface area contributed by atoms with Gasteiger partial charge in [0.15, 0.2) is 0 Å². The van der Waals surface area contributed by atoms with Crippen molar-refractivity contribution in [2.45, 2.75) is 6.92 Å². The van der Waals surface area contributed by atoms with Gasteiger partial charge in [-0.1, -0.05) is 19.1 Å². The van der Waals surface area contributed by atoms with Crippen molar-refractivity contribution in [2.75, 3.05) is 50.7 Å². The van der Waals surface area contributed by atoms with Gasteiger partial charge < -0.3 is 10.2 Å². The molecule has 0 aliphatic carbocycles. The van der Waals surface area contributed by atoms with Crippen molar-refractivity contribution in [3.05, 3.63) is 30.1 Å². The standard InChI is InChI=1S/C16H24FN3/c1-13(14-10-18-11-14)12-19-6-8-20(9-7-19)16-5-3-2-4-15(16)17/h2-5,13-14,18H,6-12H2,1H3. The molecular weight excluding hydrogens is 253 g/mol. The summed E-state index contributed by atoms with van der Waals surface area (Å²) >= 11 is 0. The van der Waals surface area contributed by atoms with Crippen molar-refractivity contribution in [3.63, 3.8) is 0 Å². The number of nitrogens with zero attached hydrogens (tertiary/aromatic N) is 2. The number of benzene rings is 1. The summed E-state index contributed by atoms with van der Waals surface area (Å²) in [6.07, 6.45) is 0. The first-order chi connectivity index (χ1) is 9.74. The summed E-state index contributed by atoms with van der Waals surface area (Å²) in [4.78, 5) is 4.70. The molecule has 0 saturated carbocycles. The van der Waals surface area contributed by atoms with Crippen LogP contribution in [-0.4, -0.2) is 50.7 Å². The number of piperazine rings is 1. The third-order valence-corrected chi connectivity index (χ3v) is 4.73. The summed E-state index contributed by atoms with van der Waals surface area (Å²) < 4.78 is 13.8. The molecule has 0 spiro atoms. The SMILES string of the molecule is CC(CN1CCN(c2ccccc2F)CC1)C1CNC1. The van der Waals surface area contributed by atoms with E-state index in [0.29, 0.717) is 0 Å². The van der Waals surface area contributed by atoms with Gasteiger partial charge >= 0.3 is 0 Å². The minimum absolute atomic E-state index is 0.102. The highest BCUT2D eigenvalue weighted by Gasteiger charge is 2.26. The first-order valence-electron chi connectivity index (χ1n) is 7.66. The Kier molecular flexibility index (Phi) is 4.22. The van der Waals surface area contributed by atoms with Gasteiger partial charge in [-0.25, -0.2) is 4.39 Å². The van der Waals surface area contributed by atoms with Gasteiger partial charge in [0.1, 0.15) is 5.82 Å². The second-order valence-electron chi connectivity index (χ2n) is 6.13. The minimum atomic E-state index is -0.102. The average Bonchev–Trinajstić information content (AvgIpc) is 2.38. The van der Waals surface area contributed by atoms with Crippen LogP contribution in [0.3, 0.4) is 0 Å². The van der Waals surface area contributed by atoms with Gasteiger partial charge in [-0.05, 0) is 37.1 Å². The van der Waals surface area contributed by atoms with Crippen LogP contribution in [-0.2, 0) is 0 Å². The second kappa shape index (κ2) is 6.10. The molecule has 1 atom stereocenters. The zero-order chi connectivity index (χ0) is 13.9. The second-order valence-corrected chi connectivity index (χ2v) is 6.13. The van der Waals surface area contributed by atoms with Crippen molar-refractivity contribution in [1.29, 1.82) is 0 Å². The van der Waals surface area contributed by atoms with E-state index in [0.717, 1.165) is 43.7 Å². The number of rotatable bonds is 4. The molecule has 1 N–H and O–H groups in total. The zero-order valence-electron chi connectivity index (χ0n) is 12.2. The molecule has 2 heterocycles. The lowest BCUT2D eigenvalue weighted by Gasteiger charge is -2.40. The van der Waals surface area contributed by atoms with E-state index >= 15 is 0 Å². The van der Waals surface area contributed by atoms with Gasteiger partial charge in [0.2, 0.25) is 0 Å². The topological polar surface area (TPSA) is 18.5 Å². The molecule has 3 rings (SSSR count).